The van der Waals surface area contributed by atoms with E-state index in [1.54, 1.807) is 28.9 Å². The molecule has 1 saturated carbocycles. The zero-order chi connectivity index (χ0) is 19.8. The Hall–Kier alpha value is -2.57. The maximum Gasteiger partial charge on any atom is 0.235 e. The summed E-state index contributed by atoms with van der Waals surface area (Å²) in [7, 11) is 0. The molecular formula is C23H21N3OS2. The van der Waals surface area contributed by atoms with E-state index in [9.17, 15) is 4.79 Å². The Kier molecular flexibility index (Phi) is 4.68. The van der Waals surface area contributed by atoms with E-state index >= 15 is 0 Å². The zero-order valence-corrected chi connectivity index (χ0v) is 17.8. The van der Waals surface area contributed by atoms with Crippen LogP contribution in [0.4, 0.5) is 5.69 Å². The Morgan fingerprint density at radius 2 is 2.00 bits per heavy atom. The number of aryl methyl sites for hydroxylation is 1. The summed E-state index contributed by atoms with van der Waals surface area (Å²) >= 11 is 3.26. The molecule has 0 bridgehead atoms. The highest BCUT2D eigenvalue weighted by molar-refractivity contribution is 7.21. The number of hydrogen-bond donors (Lipinski definition) is 1. The molecule has 0 saturated heterocycles. The number of pyridine rings is 1. The van der Waals surface area contributed by atoms with Crippen LogP contribution in [0, 0.1) is 6.92 Å². The number of anilines is 1. The fourth-order valence-corrected chi connectivity index (χ4v) is 6.03. The topological polar surface area (TPSA) is 54.9 Å². The number of aromatic nitrogens is 2. The van der Waals surface area contributed by atoms with Gasteiger partial charge in [-0.25, -0.2) is 9.97 Å². The van der Waals surface area contributed by atoms with Gasteiger partial charge in [-0.1, -0.05) is 42.4 Å². The number of nitrogens with zero attached hydrogens (tertiary/aromatic N) is 2. The second-order valence-corrected chi connectivity index (χ2v) is 9.52. The number of amides is 1. The van der Waals surface area contributed by atoms with Gasteiger partial charge in [0.15, 0.2) is 0 Å². The Morgan fingerprint density at radius 3 is 2.76 bits per heavy atom. The summed E-state index contributed by atoms with van der Waals surface area (Å²) in [4.78, 5) is 24.7. The van der Waals surface area contributed by atoms with Crippen LogP contribution >= 0.6 is 22.7 Å². The second-order valence-electron chi connectivity index (χ2n) is 7.60. The van der Waals surface area contributed by atoms with E-state index in [0.29, 0.717) is 0 Å². The second kappa shape index (κ2) is 7.35. The molecule has 3 heterocycles. The molecule has 29 heavy (non-hydrogen) atoms. The van der Waals surface area contributed by atoms with Crippen LogP contribution in [0.1, 0.15) is 36.1 Å². The number of carbonyl (C=O) groups is 1. The molecule has 1 fully saturated rings. The number of fused-ring (bicyclic) bond motifs is 1. The van der Waals surface area contributed by atoms with Gasteiger partial charge in [0.2, 0.25) is 5.91 Å². The number of carbonyl (C=O) groups excluding carboxylic acids is 1. The molecule has 1 aliphatic rings. The van der Waals surface area contributed by atoms with E-state index in [2.05, 4.69) is 33.9 Å². The third kappa shape index (κ3) is 3.26. The van der Waals surface area contributed by atoms with Gasteiger partial charge in [-0.05, 0) is 55.0 Å². The molecule has 1 aromatic carbocycles. The van der Waals surface area contributed by atoms with Crippen molar-refractivity contribution >= 4 is 44.6 Å². The van der Waals surface area contributed by atoms with Crippen molar-refractivity contribution in [2.45, 2.75) is 38.0 Å². The summed E-state index contributed by atoms with van der Waals surface area (Å²) < 4.78 is 0. The summed E-state index contributed by atoms with van der Waals surface area (Å²) in [5.74, 6) is 0.115. The van der Waals surface area contributed by atoms with E-state index < -0.39 is 5.41 Å². The van der Waals surface area contributed by atoms with Gasteiger partial charge in [-0.2, -0.15) is 0 Å². The Morgan fingerprint density at radius 1 is 1.14 bits per heavy atom. The van der Waals surface area contributed by atoms with Gasteiger partial charge < -0.3 is 5.32 Å². The fraction of sp³-hybridized carbons (Fsp3) is 0.261. The smallest absolute Gasteiger partial charge is 0.235 e. The first-order chi connectivity index (χ1) is 14.2. The first kappa shape index (κ1) is 18.5. The number of benzene rings is 1. The SMILES string of the molecule is Cc1ccc(-c2nc3cccnc3s2)cc1NC(=O)C1(c2cccs2)CCCC1. The van der Waals surface area contributed by atoms with Gasteiger partial charge in [0.05, 0.1) is 5.41 Å². The van der Waals surface area contributed by atoms with Crippen LogP contribution in [0.3, 0.4) is 0 Å². The number of rotatable bonds is 4. The highest BCUT2D eigenvalue weighted by Crippen LogP contribution is 2.44. The third-order valence-electron chi connectivity index (χ3n) is 5.78. The van der Waals surface area contributed by atoms with E-state index in [-0.39, 0.29) is 5.91 Å². The van der Waals surface area contributed by atoms with Crippen LogP contribution in [0.25, 0.3) is 20.9 Å². The minimum atomic E-state index is -0.392. The van der Waals surface area contributed by atoms with Crippen molar-refractivity contribution < 1.29 is 4.79 Å². The molecule has 146 valence electrons. The molecular weight excluding hydrogens is 398 g/mol. The molecule has 1 N–H and O–H groups in total. The molecule has 1 amide bonds. The number of thiophene rings is 1. The number of nitrogens with one attached hydrogen (secondary N) is 1. The van der Waals surface area contributed by atoms with Gasteiger partial charge in [0.25, 0.3) is 0 Å². The molecule has 0 unspecified atom stereocenters. The molecule has 1 aliphatic carbocycles. The maximum absolute atomic E-state index is 13.4. The van der Waals surface area contributed by atoms with Crippen LogP contribution < -0.4 is 5.32 Å². The van der Waals surface area contributed by atoms with Gasteiger partial charge in [0, 0.05) is 22.3 Å². The van der Waals surface area contributed by atoms with Crippen LogP contribution in [0.15, 0.2) is 54.0 Å². The summed E-state index contributed by atoms with van der Waals surface area (Å²) in [6.45, 7) is 2.03. The van der Waals surface area contributed by atoms with Crippen molar-refractivity contribution in [2.24, 2.45) is 0 Å². The van der Waals surface area contributed by atoms with E-state index in [0.717, 1.165) is 57.9 Å². The van der Waals surface area contributed by atoms with E-state index in [1.165, 1.54) is 4.88 Å². The molecule has 6 heteroatoms. The maximum atomic E-state index is 13.4. The molecule has 4 nitrogen and oxygen atoms in total. The first-order valence-corrected chi connectivity index (χ1v) is 11.5. The van der Waals surface area contributed by atoms with Gasteiger partial charge in [-0.15, -0.1) is 11.3 Å². The van der Waals surface area contributed by atoms with E-state index in [4.69, 9.17) is 4.98 Å². The monoisotopic (exact) mass is 419 g/mol. The van der Waals surface area contributed by atoms with Crippen LogP contribution in [-0.2, 0) is 10.2 Å². The summed E-state index contributed by atoms with van der Waals surface area (Å²) in [6, 6.07) is 14.2. The number of thiazole rings is 1. The quantitative estimate of drug-likeness (QED) is 0.430. The Bertz CT molecular complexity index is 1140. The molecule has 4 aromatic rings. The fourth-order valence-electron chi connectivity index (χ4n) is 4.14. The van der Waals surface area contributed by atoms with Gasteiger partial charge in [0.1, 0.15) is 15.4 Å². The third-order valence-corrected chi connectivity index (χ3v) is 7.89. The van der Waals surface area contributed by atoms with Gasteiger partial charge >= 0.3 is 0 Å². The summed E-state index contributed by atoms with van der Waals surface area (Å²) in [5, 5.41) is 6.24. The molecule has 0 atom stereocenters. The minimum absolute atomic E-state index is 0.115. The highest BCUT2D eigenvalue weighted by atomic mass is 32.1. The van der Waals surface area contributed by atoms with Gasteiger partial charge in [-0.3, -0.25) is 4.79 Å². The average Bonchev–Trinajstić information content (AvgIpc) is 3.49. The molecule has 3 aromatic heterocycles. The lowest BCUT2D eigenvalue weighted by Crippen LogP contribution is -2.37. The average molecular weight is 420 g/mol. The molecule has 0 spiro atoms. The predicted molar refractivity (Wildman–Crippen MR) is 121 cm³/mol. The largest absolute Gasteiger partial charge is 0.325 e. The Labute approximate surface area is 177 Å². The summed E-state index contributed by atoms with van der Waals surface area (Å²) in [6.07, 6.45) is 5.83. The van der Waals surface area contributed by atoms with Crippen molar-refractivity contribution in [1.82, 2.24) is 9.97 Å². The standard InChI is InChI=1S/C23H21N3OS2/c1-15-8-9-16(20-25-17-6-4-12-24-21(17)29-20)14-18(15)26-22(27)23(10-2-3-11-23)19-7-5-13-28-19/h4-9,12-14H,2-3,10-11H2,1H3,(H,26,27). The normalized spacial score (nSPS) is 15.6. The molecule has 5 rings (SSSR count). The van der Waals surface area contributed by atoms with Crippen molar-refractivity contribution in [2.75, 3.05) is 5.32 Å². The first-order valence-electron chi connectivity index (χ1n) is 9.84. The summed E-state index contributed by atoms with van der Waals surface area (Å²) in [5.41, 5.74) is 3.44. The molecule has 0 radical (unpaired) electrons. The Balaban J connectivity index is 1.48. The van der Waals surface area contributed by atoms with Crippen LogP contribution in [0.5, 0.6) is 0 Å². The minimum Gasteiger partial charge on any atom is -0.325 e. The lowest BCUT2D eigenvalue weighted by molar-refractivity contribution is -0.121. The lowest BCUT2D eigenvalue weighted by Gasteiger charge is -2.27. The van der Waals surface area contributed by atoms with Crippen molar-refractivity contribution in [3.8, 4) is 10.6 Å². The number of hydrogen-bond acceptors (Lipinski definition) is 5. The van der Waals surface area contributed by atoms with Crippen molar-refractivity contribution in [3.05, 3.63) is 64.5 Å². The van der Waals surface area contributed by atoms with Crippen LogP contribution in [-0.4, -0.2) is 15.9 Å². The predicted octanol–water partition coefficient (Wildman–Crippen LogP) is 6.18. The lowest BCUT2D eigenvalue weighted by atomic mass is 9.83. The zero-order valence-electron chi connectivity index (χ0n) is 16.1. The van der Waals surface area contributed by atoms with E-state index in [1.807, 2.05) is 31.2 Å². The van der Waals surface area contributed by atoms with Crippen molar-refractivity contribution in [3.63, 3.8) is 0 Å². The molecule has 0 aliphatic heterocycles. The van der Waals surface area contributed by atoms with Crippen molar-refractivity contribution in [1.29, 1.82) is 0 Å². The highest BCUT2D eigenvalue weighted by Gasteiger charge is 2.43. The van der Waals surface area contributed by atoms with Crippen LogP contribution in [0.2, 0.25) is 0 Å².